The Balaban J connectivity index is 0.000000236. The molecule has 0 spiro atoms. The lowest BCUT2D eigenvalue weighted by Crippen LogP contribution is -1.62. The first-order chi connectivity index (χ1) is 4.81. The molecule has 0 aliphatic heterocycles. The Morgan fingerprint density at radius 2 is 1.50 bits per heavy atom. The first kappa shape index (κ1) is 9.49. The molecule has 0 aliphatic rings. The predicted molar refractivity (Wildman–Crippen MR) is 44.0 cm³/mol. The van der Waals surface area contributed by atoms with Gasteiger partial charge in [-0.25, -0.2) is 0 Å². The zero-order valence-corrected chi connectivity index (χ0v) is 6.51. The van der Waals surface area contributed by atoms with E-state index in [-0.39, 0.29) is 12.3 Å². The van der Waals surface area contributed by atoms with Gasteiger partial charge in [-0.05, 0) is 6.92 Å². The molecule has 56 valence electrons. The Labute approximate surface area is 64.9 Å². The van der Waals surface area contributed by atoms with Crippen LogP contribution in [0.25, 0.3) is 0 Å². The van der Waals surface area contributed by atoms with Crippen LogP contribution in [0.4, 0.5) is 0 Å². The number of benzene rings is 1. The summed E-state index contributed by atoms with van der Waals surface area (Å²) in [6.45, 7) is 2.08. The molecule has 0 saturated heterocycles. The molecule has 0 radical (unpaired) electrons. The van der Waals surface area contributed by atoms with Gasteiger partial charge in [-0.3, -0.25) is 0 Å². The van der Waals surface area contributed by atoms with Crippen molar-refractivity contribution in [1.82, 2.24) is 0 Å². The first-order valence-corrected chi connectivity index (χ1v) is 3.51. The molecular formula is C7H10O2S. The van der Waals surface area contributed by atoms with Crippen molar-refractivity contribution >= 4 is 12.3 Å². The molecule has 0 saturated carbocycles. The van der Waals surface area contributed by atoms with Crippen LogP contribution in [0, 0.1) is 6.92 Å². The highest BCUT2D eigenvalue weighted by Gasteiger charge is 1.72. The van der Waals surface area contributed by atoms with Gasteiger partial charge in [-0.15, -0.1) is 0 Å². The Hall–Kier alpha value is -0.510. The molecular weight excluding hydrogens is 148 g/mol. The Morgan fingerprint density at radius 3 is 1.70 bits per heavy atom. The highest BCUT2D eigenvalue weighted by Crippen LogP contribution is 1.92. The molecule has 1 aromatic rings. The molecule has 2 N–H and O–H groups in total. The zero-order chi connectivity index (χ0) is 7.82. The van der Waals surface area contributed by atoms with Gasteiger partial charge >= 0.3 is 0 Å². The van der Waals surface area contributed by atoms with Crippen molar-refractivity contribution in [2.45, 2.75) is 6.92 Å². The lowest BCUT2D eigenvalue weighted by molar-refractivity contribution is 0.541. The summed E-state index contributed by atoms with van der Waals surface area (Å²) >= 11 is -0.250. The van der Waals surface area contributed by atoms with E-state index in [2.05, 4.69) is 19.1 Å². The second-order valence-electron chi connectivity index (χ2n) is 1.74. The average molecular weight is 158 g/mol. The van der Waals surface area contributed by atoms with Crippen LogP contribution in [-0.4, -0.2) is 9.11 Å². The van der Waals surface area contributed by atoms with Gasteiger partial charge in [0.15, 0.2) is 12.3 Å². The lowest BCUT2D eigenvalue weighted by Gasteiger charge is -1.82. The second kappa shape index (κ2) is 6.61. The van der Waals surface area contributed by atoms with E-state index in [1.165, 1.54) is 5.56 Å². The highest BCUT2D eigenvalue weighted by molar-refractivity contribution is 7.87. The molecule has 3 heteroatoms. The Kier molecular flexibility index (Phi) is 6.27. The summed E-state index contributed by atoms with van der Waals surface area (Å²) in [6.07, 6.45) is 0. The SMILES string of the molecule is Cc1ccccc1.OSO. The van der Waals surface area contributed by atoms with Gasteiger partial charge in [0.25, 0.3) is 0 Å². The van der Waals surface area contributed by atoms with Crippen LogP contribution in [0.2, 0.25) is 0 Å². The second-order valence-corrected chi connectivity index (χ2v) is 1.90. The van der Waals surface area contributed by atoms with E-state index < -0.39 is 0 Å². The molecule has 0 heterocycles. The lowest BCUT2D eigenvalue weighted by atomic mass is 10.2. The van der Waals surface area contributed by atoms with Crippen LogP contribution in [0.1, 0.15) is 5.56 Å². The zero-order valence-electron chi connectivity index (χ0n) is 5.69. The van der Waals surface area contributed by atoms with Crippen LogP contribution in [0.3, 0.4) is 0 Å². The topological polar surface area (TPSA) is 40.5 Å². The van der Waals surface area contributed by atoms with Crippen molar-refractivity contribution < 1.29 is 9.11 Å². The summed E-state index contributed by atoms with van der Waals surface area (Å²) in [6, 6.07) is 10.3. The smallest absolute Gasteiger partial charge is 0.152 e. The third kappa shape index (κ3) is 5.62. The van der Waals surface area contributed by atoms with Crippen LogP contribution in [0.15, 0.2) is 30.3 Å². The third-order valence-electron chi connectivity index (χ3n) is 0.940. The third-order valence-corrected chi connectivity index (χ3v) is 0.940. The number of aryl methyl sites for hydroxylation is 1. The Bertz CT molecular complexity index is 153. The van der Waals surface area contributed by atoms with Gasteiger partial charge < -0.3 is 9.11 Å². The molecule has 1 rings (SSSR count). The van der Waals surface area contributed by atoms with Crippen molar-refractivity contribution in [3.05, 3.63) is 35.9 Å². The quantitative estimate of drug-likeness (QED) is 0.570. The van der Waals surface area contributed by atoms with Crippen molar-refractivity contribution in [3.8, 4) is 0 Å². The number of hydrogen-bond donors (Lipinski definition) is 2. The van der Waals surface area contributed by atoms with Gasteiger partial charge in [0.2, 0.25) is 0 Å². The maximum atomic E-state index is 7.04. The van der Waals surface area contributed by atoms with Crippen molar-refractivity contribution in [2.24, 2.45) is 0 Å². The average Bonchev–Trinajstić information content (AvgIpc) is 1.91. The monoisotopic (exact) mass is 158 g/mol. The summed E-state index contributed by atoms with van der Waals surface area (Å²) in [5, 5.41) is 0. The number of hydrogen-bond acceptors (Lipinski definition) is 3. The fourth-order valence-electron chi connectivity index (χ4n) is 0.534. The van der Waals surface area contributed by atoms with E-state index in [4.69, 9.17) is 9.11 Å². The van der Waals surface area contributed by atoms with E-state index in [1.54, 1.807) is 0 Å². The predicted octanol–water partition coefficient (Wildman–Crippen LogP) is 2.66. The first-order valence-electron chi connectivity index (χ1n) is 2.78. The summed E-state index contributed by atoms with van der Waals surface area (Å²) in [5.74, 6) is 0. The largest absolute Gasteiger partial charge is 0.307 e. The normalized spacial score (nSPS) is 7.90. The van der Waals surface area contributed by atoms with E-state index in [1.807, 2.05) is 18.2 Å². The summed E-state index contributed by atoms with van der Waals surface area (Å²) in [7, 11) is 0. The summed E-state index contributed by atoms with van der Waals surface area (Å²) in [5.41, 5.74) is 1.32. The van der Waals surface area contributed by atoms with E-state index >= 15 is 0 Å². The standard InChI is InChI=1S/C7H8.H2O2S/c1-7-5-3-2-4-6-7;1-3-2/h2-6H,1H3;1-2H. The molecule has 2 nitrogen and oxygen atoms in total. The Morgan fingerprint density at radius 1 is 1.10 bits per heavy atom. The van der Waals surface area contributed by atoms with Crippen molar-refractivity contribution in [3.63, 3.8) is 0 Å². The van der Waals surface area contributed by atoms with E-state index in [9.17, 15) is 0 Å². The molecule has 0 amide bonds. The molecule has 0 unspecified atom stereocenters. The van der Waals surface area contributed by atoms with Gasteiger partial charge in [-0.2, -0.15) is 0 Å². The van der Waals surface area contributed by atoms with Crippen LogP contribution >= 0.6 is 12.3 Å². The molecule has 10 heavy (non-hydrogen) atoms. The van der Waals surface area contributed by atoms with Crippen molar-refractivity contribution in [1.29, 1.82) is 0 Å². The molecule has 0 aliphatic carbocycles. The summed E-state index contributed by atoms with van der Waals surface area (Å²) in [4.78, 5) is 0. The maximum Gasteiger partial charge on any atom is 0.152 e. The van der Waals surface area contributed by atoms with Crippen LogP contribution < -0.4 is 0 Å². The number of rotatable bonds is 0. The maximum absolute atomic E-state index is 7.04. The van der Waals surface area contributed by atoms with Gasteiger partial charge in [0.05, 0.1) is 0 Å². The van der Waals surface area contributed by atoms with Crippen molar-refractivity contribution in [2.75, 3.05) is 0 Å². The van der Waals surface area contributed by atoms with E-state index in [0.717, 1.165) is 0 Å². The van der Waals surface area contributed by atoms with E-state index in [0.29, 0.717) is 0 Å². The molecule has 0 atom stereocenters. The molecule has 1 aromatic carbocycles. The molecule has 0 fully saturated rings. The fourth-order valence-corrected chi connectivity index (χ4v) is 0.534. The van der Waals surface area contributed by atoms with Gasteiger partial charge in [0.1, 0.15) is 0 Å². The minimum absolute atomic E-state index is 0.250. The highest BCUT2D eigenvalue weighted by atomic mass is 32.2. The minimum atomic E-state index is -0.250. The van der Waals surface area contributed by atoms with Crippen LogP contribution in [-0.2, 0) is 0 Å². The summed E-state index contributed by atoms with van der Waals surface area (Å²) < 4.78 is 14.1. The van der Waals surface area contributed by atoms with Gasteiger partial charge in [-0.1, -0.05) is 35.9 Å². The fraction of sp³-hybridized carbons (Fsp3) is 0.143. The molecule has 0 bridgehead atoms. The minimum Gasteiger partial charge on any atom is -0.307 e. The van der Waals surface area contributed by atoms with Crippen LogP contribution in [0.5, 0.6) is 0 Å². The molecule has 0 aromatic heterocycles. The van der Waals surface area contributed by atoms with Gasteiger partial charge in [0, 0.05) is 0 Å².